The number of ether oxygens (including phenoxy) is 2. The van der Waals surface area contributed by atoms with Crippen molar-refractivity contribution >= 4 is 51.2 Å². The van der Waals surface area contributed by atoms with Crippen LogP contribution in [-0.4, -0.2) is 71.7 Å². The Hall–Kier alpha value is -2.02. The zero-order valence-electron chi connectivity index (χ0n) is 18.9. The number of piperazine rings is 1. The third kappa shape index (κ3) is 6.15. The average molecular weight is 529 g/mol. The lowest BCUT2D eigenvalue weighted by atomic mass is 10.1. The van der Waals surface area contributed by atoms with E-state index in [2.05, 4.69) is 14.6 Å². The second-order valence-electron chi connectivity index (χ2n) is 7.90. The lowest BCUT2D eigenvalue weighted by Crippen LogP contribution is -2.43. The topological polar surface area (TPSA) is 107 Å². The van der Waals surface area contributed by atoms with Crippen molar-refractivity contribution in [1.82, 2.24) is 10.2 Å². The fraction of sp³-hybridized carbons (Fsp3) is 0.455. The summed E-state index contributed by atoms with van der Waals surface area (Å²) in [6.07, 6.45) is 0.548. The van der Waals surface area contributed by atoms with Crippen molar-refractivity contribution in [1.29, 1.82) is 0 Å². The SMILES string of the molecule is CCOC(=O)N1CCC(=NS(O)(O)c2cc(Cl)c(Oc3cccc(N4CCNCC4)c3)s2)CC1. The van der Waals surface area contributed by atoms with Gasteiger partial charge in [0.05, 0.1) is 11.6 Å². The van der Waals surface area contributed by atoms with Crippen molar-refractivity contribution in [2.24, 2.45) is 4.40 Å². The molecule has 2 aliphatic heterocycles. The van der Waals surface area contributed by atoms with Gasteiger partial charge in [0.1, 0.15) is 9.96 Å². The van der Waals surface area contributed by atoms with Crippen molar-refractivity contribution in [3.8, 4) is 10.8 Å². The molecule has 34 heavy (non-hydrogen) atoms. The summed E-state index contributed by atoms with van der Waals surface area (Å²) in [6, 6.07) is 9.26. The van der Waals surface area contributed by atoms with Gasteiger partial charge in [0.2, 0.25) is 5.06 Å². The predicted molar refractivity (Wildman–Crippen MR) is 137 cm³/mol. The molecule has 2 saturated heterocycles. The van der Waals surface area contributed by atoms with E-state index in [0.29, 0.717) is 54.1 Å². The Morgan fingerprint density at radius 3 is 2.65 bits per heavy atom. The highest BCUT2D eigenvalue weighted by atomic mass is 35.5. The molecule has 2 aromatic rings. The number of carbonyl (C=O) groups excluding carboxylic acids is 1. The molecule has 9 nitrogen and oxygen atoms in total. The van der Waals surface area contributed by atoms with E-state index in [1.165, 1.54) is 6.07 Å². The van der Waals surface area contributed by atoms with Gasteiger partial charge in [0, 0.05) is 69.6 Å². The molecule has 3 heterocycles. The van der Waals surface area contributed by atoms with Gasteiger partial charge in [-0.2, -0.15) is 4.40 Å². The summed E-state index contributed by atoms with van der Waals surface area (Å²) < 4.78 is 37.0. The van der Waals surface area contributed by atoms with E-state index in [-0.39, 0.29) is 10.3 Å². The van der Waals surface area contributed by atoms with Gasteiger partial charge < -0.3 is 24.6 Å². The van der Waals surface area contributed by atoms with E-state index in [1.54, 1.807) is 11.8 Å². The van der Waals surface area contributed by atoms with Gasteiger partial charge in [-0.3, -0.25) is 9.11 Å². The lowest BCUT2D eigenvalue weighted by Gasteiger charge is -2.30. The Kier molecular flexibility index (Phi) is 8.22. The highest BCUT2D eigenvalue weighted by Gasteiger charge is 2.26. The monoisotopic (exact) mass is 528 g/mol. The predicted octanol–water partition coefficient (Wildman–Crippen LogP) is 5.32. The number of anilines is 1. The van der Waals surface area contributed by atoms with Crippen LogP contribution in [0.2, 0.25) is 5.02 Å². The van der Waals surface area contributed by atoms with Crippen LogP contribution in [-0.2, 0) is 4.74 Å². The van der Waals surface area contributed by atoms with Crippen LogP contribution < -0.4 is 15.0 Å². The number of hydrogen-bond acceptors (Lipinski definition) is 9. The molecule has 12 heteroatoms. The molecule has 3 N–H and O–H groups in total. The van der Waals surface area contributed by atoms with E-state index in [4.69, 9.17) is 21.1 Å². The molecule has 0 bridgehead atoms. The summed E-state index contributed by atoms with van der Waals surface area (Å²) in [5.74, 6) is 0.625. The normalized spacial score (nSPS) is 17.5. The minimum Gasteiger partial charge on any atom is -0.450 e. The van der Waals surface area contributed by atoms with Crippen LogP contribution in [0.25, 0.3) is 0 Å². The van der Waals surface area contributed by atoms with E-state index < -0.39 is 10.8 Å². The summed E-state index contributed by atoms with van der Waals surface area (Å²) in [7, 11) is -3.43. The van der Waals surface area contributed by atoms with Crippen LogP contribution in [0, 0.1) is 0 Å². The fourth-order valence-electron chi connectivity index (χ4n) is 3.79. The van der Waals surface area contributed by atoms with Crippen LogP contribution in [0.3, 0.4) is 0 Å². The molecule has 186 valence electrons. The number of likely N-dealkylation sites (tertiary alicyclic amines) is 1. The lowest BCUT2D eigenvalue weighted by molar-refractivity contribution is 0.107. The van der Waals surface area contributed by atoms with Crippen molar-refractivity contribution in [3.05, 3.63) is 35.4 Å². The maximum atomic E-state index is 11.9. The van der Waals surface area contributed by atoms with E-state index in [0.717, 1.165) is 43.2 Å². The number of hydrogen-bond donors (Lipinski definition) is 3. The molecule has 2 aliphatic rings. The first-order valence-corrected chi connectivity index (χ1v) is 13.9. The largest absolute Gasteiger partial charge is 0.450 e. The van der Waals surface area contributed by atoms with Crippen molar-refractivity contribution in [3.63, 3.8) is 0 Å². The number of amides is 1. The molecule has 0 atom stereocenters. The van der Waals surface area contributed by atoms with Crippen LogP contribution in [0.15, 0.2) is 38.9 Å². The van der Waals surface area contributed by atoms with Crippen molar-refractivity contribution in [2.45, 2.75) is 24.0 Å². The number of piperidine rings is 1. The molecule has 0 aliphatic carbocycles. The number of thiophene rings is 1. The second-order valence-corrected chi connectivity index (χ2v) is 11.2. The van der Waals surface area contributed by atoms with E-state index >= 15 is 0 Å². The standard InChI is InChI=1S/C22H29ClN4O5S2/c1-2-31-22(28)27-10-6-16(7-11-27)25-34(29,30)20-15-19(23)21(33-20)32-18-5-3-4-17(14-18)26-12-8-24-9-13-26/h3-5,14-15,24,29-30H,2,6-13H2,1H3. The van der Waals surface area contributed by atoms with E-state index in [1.807, 2.05) is 24.3 Å². The summed E-state index contributed by atoms with van der Waals surface area (Å²) in [5, 5.41) is 4.01. The van der Waals surface area contributed by atoms with Crippen LogP contribution in [0.1, 0.15) is 19.8 Å². The van der Waals surface area contributed by atoms with Gasteiger partial charge in [-0.25, -0.2) is 4.79 Å². The summed E-state index contributed by atoms with van der Waals surface area (Å²) >= 11 is 7.44. The number of nitrogens with one attached hydrogen (secondary N) is 1. The second kappa shape index (κ2) is 11.1. The van der Waals surface area contributed by atoms with Gasteiger partial charge in [-0.15, -0.1) is 0 Å². The molecule has 2 fully saturated rings. The first-order valence-electron chi connectivity index (χ1n) is 11.2. The van der Waals surface area contributed by atoms with Gasteiger partial charge in [-0.1, -0.05) is 39.8 Å². The van der Waals surface area contributed by atoms with Gasteiger partial charge in [0.15, 0.2) is 0 Å². The minimum absolute atomic E-state index is 0.242. The fourth-order valence-corrected chi connectivity index (χ4v) is 6.53. The third-order valence-corrected chi connectivity index (χ3v) is 8.83. The Morgan fingerprint density at radius 2 is 1.94 bits per heavy atom. The molecule has 0 radical (unpaired) electrons. The van der Waals surface area contributed by atoms with Crippen LogP contribution in [0.5, 0.6) is 10.8 Å². The summed E-state index contributed by atoms with van der Waals surface area (Å²) in [4.78, 5) is 15.7. The Morgan fingerprint density at radius 1 is 1.21 bits per heavy atom. The molecule has 1 amide bonds. The van der Waals surface area contributed by atoms with Crippen LogP contribution >= 0.6 is 33.7 Å². The van der Waals surface area contributed by atoms with Gasteiger partial charge in [0.25, 0.3) is 0 Å². The highest BCUT2D eigenvalue weighted by Crippen LogP contribution is 2.57. The first kappa shape index (κ1) is 25.1. The average Bonchev–Trinajstić information content (AvgIpc) is 3.21. The maximum Gasteiger partial charge on any atom is 0.409 e. The smallest absolute Gasteiger partial charge is 0.409 e. The minimum atomic E-state index is -3.43. The zero-order chi connectivity index (χ0) is 24.1. The first-order chi connectivity index (χ1) is 16.4. The molecule has 4 rings (SSSR count). The molecule has 0 unspecified atom stereocenters. The summed E-state index contributed by atoms with van der Waals surface area (Å²) in [6.45, 7) is 6.65. The number of benzene rings is 1. The molecule has 1 aromatic carbocycles. The Bertz CT molecular complexity index is 1030. The van der Waals surface area contributed by atoms with E-state index in [9.17, 15) is 13.9 Å². The van der Waals surface area contributed by atoms with Gasteiger partial charge in [-0.05, 0) is 25.1 Å². The quantitative estimate of drug-likeness (QED) is 0.465. The number of halogens is 1. The summed E-state index contributed by atoms with van der Waals surface area (Å²) in [5.41, 5.74) is 1.72. The number of nitrogens with zero attached hydrogens (tertiary/aromatic N) is 3. The highest BCUT2D eigenvalue weighted by molar-refractivity contribution is 8.24. The number of carbonyl (C=O) groups is 1. The molecular weight excluding hydrogens is 500 g/mol. The van der Waals surface area contributed by atoms with Crippen molar-refractivity contribution in [2.75, 3.05) is 50.8 Å². The Labute approximate surface area is 209 Å². The maximum absolute atomic E-state index is 11.9. The molecule has 1 aromatic heterocycles. The van der Waals surface area contributed by atoms with Gasteiger partial charge >= 0.3 is 6.09 Å². The zero-order valence-corrected chi connectivity index (χ0v) is 21.3. The number of rotatable bonds is 6. The molecule has 0 saturated carbocycles. The van der Waals surface area contributed by atoms with Crippen molar-refractivity contribution < 1.29 is 23.4 Å². The van der Waals surface area contributed by atoms with Crippen LogP contribution in [0.4, 0.5) is 10.5 Å². The molecule has 0 spiro atoms. The Balaban J connectivity index is 1.43. The molecular formula is C22H29ClN4O5S2. The third-order valence-electron chi connectivity index (χ3n) is 5.54.